The van der Waals surface area contributed by atoms with Gasteiger partial charge in [-0.15, -0.1) is 23.5 Å². The van der Waals surface area contributed by atoms with Crippen LogP contribution < -0.4 is 0 Å². The van der Waals surface area contributed by atoms with Gasteiger partial charge in [-0.2, -0.15) is 0 Å². The molecule has 0 aromatic heterocycles. The van der Waals surface area contributed by atoms with Gasteiger partial charge in [-0.1, -0.05) is 13.8 Å². The SMILES string of the molecule is CCS/C(=C\SC)CC. The molecule has 54 valence electrons. The molecule has 0 aromatic rings. The largest absolute Gasteiger partial charge is 0.137 e. The van der Waals surface area contributed by atoms with Crippen LogP contribution in [0.25, 0.3) is 0 Å². The van der Waals surface area contributed by atoms with Gasteiger partial charge in [0.1, 0.15) is 0 Å². The molecular weight excluding hydrogens is 148 g/mol. The molecule has 0 atom stereocenters. The van der Waals surface area contributed by atoms with Gasteiger partial charge in [0.2, 0.25) is 0 Å². The van der Waals surface area contributed by atoms with Crippen LogP contribution in [0.4, 0.5) is 0 Å². The molecule has 0 saturated carbocycles. The first-order chi connectivity index (χ1) is 4.35. The minimum Gasteiger partial charge on any atom is -0.137 e. The van der Waals surface area contributed by atoms with Crippen molar-refractivity contribution in [3.63, 3.8) is 0 Å². The minimum atomic E-state index is 1.18. The van der Waals surface area contributed by atoms with Crippen LogP contribution in [0.3, 0.4) is 0 Å². The molecule has 0 spiro atoms. The summed E-state index contributed by atoms with van der Waals surface area (Å²) in [7, 11) is 0. The van der Waals surface area contributed by atoms with E-state index in [0.717, 1.165) is 0 Å². The van der Waals surface area contributed by atoms with E-state index in [4.69, 9.17) is 0 Å². The molecule has 0 radical (unpaired) electrons. The molecule has 0 aliphatic heterocycles. The number of allylic oxidation sites excluding steroid dienone is 1. The Morgan fingerprint density at radius 2 is 2.11 bits per heavy atom. The Labute approximate surface area is 66.5 Å². The third-order valence-corrected chi connectivity index (χ3v) is 2.66. The maximum absolute atomic E-state index is 2.23. The zero-order chi connectivity index (χ0) is 7.11. The van der Waals surface area contributed by atoms with E-state index in [-0.39, 0.29) is 0 Å². The molecule has 0 aliphatic rings. The average Bonchev–Trinajstić information content (AvgIpc) is 1.88. The van der Waals surface area contributed by atoms with E-state index < -0.39 is 0 Å². The number of hydrogen-bond donors (Lipinski definition) is 0. The van der Waals surface area contributed by atoms with Crippen LogP contribution in [0.2, 0.25) is 0 Å². The summed E-state index contributed by atoms with van der Waals surface area (Å²) in [6.07, 6.45) is 3.28. The second-order valence-electron chi connectivity index (χ2n) is 1.61. The van der Waals surface area contributed by atoms with Crippen molar-refractivity contribution < 1.29 is 0 Å². The summed E-state index contributed by atoms with van der Waals surface area (Å²) in [6, 6.07) is 0. The zero-order valence-corrected chi connectivity index (χ0v) is 7.94. The van der Waals surface area contributed by atoms with Crippen molar-refractivity contribution in [3.8, 4) is 0 Å². The highest BCUT2D eigenvalue weighted by atomic mass is 32.2. The monoisotopic (exact) mass is 162 g/mol. The lowest BCUT2D eigenvalue weighted by Crippen LogP contribution is -1.72. The average molecular weight is 162 g/mol. The first-order valence-electron chi connectivity index (χ1n) is 3.19. The fourth-order valence-electron chi connectivity index (χ4n) is 0.536. The van der Waals surface area contributed by atoms with E-state index in [9.17, 15) is 0 Å². The molecule has 0 aromatic carbocycles. The summed E-state index contributed by atoms with van der Waals surface area (Å²) in [5.74, 6) is 1.19. The van der Waals surface area contributed by atoms with Crippen molar-refractivity contribution in [1.82, 2.24) is 0 Å². The van der Waals surface area contributed by atoms with Crippen LogP contribution in [-0.2, 0) is 0 Å². The van der Waals surface area contributed by atoms with E-state index in [2.05, 4.69) is 25.5 Å². The Balaban J connectivity index is 3.53. The van der Waals surface area contributed by atoms with E-state index in [1.54, 1.807) is 11.8 Å². The van der Waals surface area contributed by atoms with Crippen molar-refractivity contribution in [2.75, 3.05) is 12.0 Å². The van der Waals surface area contributed by atoms with E-state index in [1.807, 2.05) is 11.8 Å². The zero-order valence-electron chi connectivity index (χ0n) is 6.31. The lowest BCUT2D eigenvalue weighted by atomic mass is 10.5. The smallest absolute Gasteiger partial charge is 0.00515 e. The van der Waals surface area contributed by atoms with Gasteiger partial charge in [0.25, 0.3) is 0 Å². The molecule has 0 amide bonds. The Kier molecular flexibility index (Phi) is 6.88. The van der Waals surface area contributed by atoms with Gasteiger partial charge in [0, 0.05) is 0 Å². The molecule has 0 rings (SSSR count). The third-order valence-electron chi connectivity index (χ3n) is 0.927. The predicted octanol–water partition coefficient (Wildman–Crippen LogP) is 3.35. The molecule has 0 heterocycles. The van der Waals surface area contributed by atoms with Gasteiger partial charge in [-0.05, 0) is 28.7 Å². The van der Waals surface area contributed by atoms with Crippen LogP contribution in [0.15, 0.2) is 10.3 Å². The fraction of sp³-hybridized carbons (Fsp3) is 0.714. The number of thioether (sulfide) groups is 2. The Bertz CT molecular complexity index is 86.9. The van der Waals surface area contributed by atoms with Crippen LogP contribution in [0.1, 0.15) is 20.3 Å². The maximum Gasteiger partial charge on any atom is -0.00515 e. The Hall–Kier alpha value is 0.440. The lowest BCUT2D eigenvalue weighted by Gasteiger charge is -1.98. The van der Waals surface area contributed by atoms with Gasteiger partial charge >= 0.3 is 0 Å². The van der Waals surface area contributed by atoms with Gasteiger partial charge in [-0.3, -0.25) is 0 Å². The van der Waals surface area contributed by atoms with Crippen LogP contribution in [0, 0.1) is 0 Å². The van der Waals surface area contributed by atoms with Gasteiger partial charge in [-0.25, -0.2) is 0 Å². The molecular formula is C7H14S2. The fourth-order valence-corrected chi connectivity index (χ4v) is 2.10. The molecule has 0 bridgehead atoms. The van der Waals surface area contributed by atoms with Crippen LogP contribution >= 0.6 is 23.5 Å². The summed E-state index contributed by atoms with van der Waals surface area (Å²) in [4.78, 5) is 1.50. The first kappa shape index (κ1) is 9.44. The highest BCUT2D eigenvalue weighted by Gasteiger charge is 1.89. The second kappa shape index (κ2) is 6.56. The van der Waals surface area contributed by atoms with Crippen molar-refractivity contribution in [1.29, 1.82) is 0 Å². The lowest BCUT2D eigenvalue weighted by molar-refractivity contribution is 1.20. The summed E-state index contributed by atoms with van der Waals surface area (Å²) >= 11 is 3.73. The first-order valence-corrected chi connectivity index (χ1v) is 5.47. The Morgan fingerprint density at radius 1 is 1.44 bits per heavy atom. The van der Waals surface area contributed by atoms with Gasteiger partial charge in [0.05, 0.1) is 0 Å². The number of hydrogen-bond acceptors (Lipinski definition) is 2. The summed E-state index contributed by atoms with van der Waals surface area (Å²) in [5.41, 5.74) is 0. The standard InChI is InChI=1S/C7H14S2/c1-4-7(6-8-3)9-5-2/h6H,4-5H2,1-3H3/b7-6-. The molecule has 9 heavy (non-hydrogen) atoms. The van der Waals surface area contributed by atoms with Crippen LogP contribution in [0.5, 0.6) is 0 Å². The van der Waals surface area contributed by atoms with Gasteiger partial charge in [0.15, 0.2) is 0 Å². The van der Waals surface area contributed by atoms with Crippen molar-refractivity contribution in [3.05, 3.63) is 10.3 Å². The summed E-state index contributed by atoms with van der Waals surface area (Å²) < 4.78 is 0. The topological polar surface area (TPSA) is 0 Å². The highest BCUT2D eigenvalue weighted by Crippen LogP contribution is 2.20. The molecule has 0 nitrogen and oxygen atoms in total. The van der Waals surface area contributed by atoms with Crippen LogP contribution in [-0.4, -0.2) is 12.0 Å². The summed E-state index contributed by atoms with van der Waals surface area (Å²) in [6.45, 7) is 4.39. The molecule has 0 saturated heterocycles. The maximum atomic E-state index is 2.23. The van der Waals surface area contributed by atoms with Crippen molar-refractivity contribution >= 4 is 23.5 Å². The van der Waals surface area contributed by atoms with Crippen molar-refractivity contribution in [2.45, 2.75) is 20.3 Å². The molecule has 0 aliphatic carbocycles. The normalized spacial score (nSPS) is 12.1. The highest BCUT2D eigenvalue weighted by molar-refractivity contribution is 8.05. The predicted molar refractivity (Wildman–Crippen MR) is 50.0 cm³/mol. The minimum absolute atomic E-state index is 1.18. The van der Waals surface area contributed by atoms with Gasteiger partial charge < -0.3 is 0 Å². The third kappa shape index (κ3) is 4.91. The Morgan fingerprint density at radius 3 is 2.44 bits per heavy atom. The van der Waals surface area contributed by atoms with E-state index >= 15 is 0 Å². The molecule has 0 N–H and O–H groups in total. The quantitative estimate of drug-likeness (QED) is 0.621. The molecule has 2 heteroatoms. The second-order valence-corrected chi connectivity index (χ2v) is 3.70. The number of rotatable bonds is 4. The molecule has 0 fully saturated rings. The van der Waals surface area contributed by atoms with E-state index in [0.29, 0.717) is 0 Å². The molecule has 0 unspecified atom stereocenters. The van der Waals surface area contributed by atoms with Crippen molar-refractivity contribution in [2.24, 2.45) is 0 Å². The summed E-state index contributed by atoms with van der Waals surface area (Å²) in [5, 5.41) is 2.23. The van der Waals surface area contributed by atoms with E-state index in [1.165, 1.54) is 17.1 Å².